The highest BCUT2D eigenvalue weighted by molar-refractivity contribution is 5.47. The minimum atomic E-state index is -0.578. The summed E-state index contributed by atoms with van der Waals surface area (Å²) in [6.45, 7) is 4.01. The van der Waals surface area contributed by atoms with Gasteiger partial charge in [0.15, 0.2) is 5.75 Å². The van der Waals surface area contributed by atoms with E-state index in [-0.39, 0.29) is 17.0 Å². The van der Waals surface area contributed by atoms with Gasteiger partial charge in [-0.25, -0.2) is 0 Å². The molecule has 16 heavy (non-hydrogen) atoms. The van der Waals surface area contributed by atoms with E-state index in [0.29, 0.717) is 6.42 Å². The Kier molecular flexibility index (Phi) is 3.49. The first-order valence-electron chi connectivity index (χ1n) is 5.01. The molecule has 2 N–H and O–H groups in total. The molecule has 0 spiro atoms. The molecule has 1 aromatic carbocycles. The summed E-state index contributed by atoms with van der Waals surface area (Å²) in [5.74, 6) is -0.295. The molecule has 0 fully saturated rings. The molecule has 0 bridgehead atoms. The van der Waals surface area contributed by atoms with Crippen molar-refractivity contribution in [2.24, 2.45) is 0 Å². The van der Waals surface area contributed by atoms with Crippen LogP contribution < -0.4 is 5.32 Å². The Morgan fingerprint density at radius 3 is 2.62 bits per heavy atom. The molecule has 0 aliphatic heterocycles. The van der Waals surface area contributed by atoms with Crippen molar-refractivity contribution < 1.29 is 10.0 Å². The number of phenols is 1. The van der Waals surface area contributed by atoms with Gasteiger partial charge in [-0.1, -0.05) is 6.07 Å². The summed E-state index contributed by atoms with van der Waals surface area (Å²) >= 11 is 0. The molecular formula is C11H16N2O3. The zero-order chi connectivity index (χ0) is 12.3. The number of aromatic hydroxyl groups is 1. The minimum Gasteiger partial charge on any atom is -0.502 e. The quantitative estimate of drug-likeness (QED) is 0.604. The van der Waals surface area contributed by atoms with Gasteiger partial charge in [0.1, 0.15) is 0 Å². The molecule has 0 radical (unpaired) electrons. The molecule has 0 aliphatic carbocycles. The van der Waals surface area contributed by atoms with Crippen molar-refractivity contribution in [2.75, 3.05) is 7.05 Å². The van der Waals surface area contributed by atoms with Crippen LogP contribution >= 0.6 is 0 Å². The van der Waals surface area contributed by atoms with Crippen molar-refractivity contribution in [1.82, 2.24) is 5.32 Å². The second-order valence-electron chi connectivity index (χ2n) is 4.39. The molecule has 0 unspecified atom stereocenters. The Hall–Kier alpha value is -1.62. The summed E-state index contributed by atoms with van der Waals surface area (Å²) in [6.07, 6.45) is 0.657. The first kappa shape index (κ1) is 12.4. The molecule has 5 heteroatoms. The van der Waals surface area contributed by atoms with Crippen LogP contribution in [-0.4, -0.2) is 22.6 Å². The van der Waals surface area contributed by atoms with E-state index in [2.05, 4.69) is 5.32 Å². The maximum atomic E-state index is 10.6. The summed E-state index contributed by atoms with van der Waals surface area (Å²) in [4.78, 5) is 10.1. The average molecular weight is 224 g/mol. The lowest BCUT2D eigenvalue weighted by Crippen LogP contribution is -2.38. The first-order valence-corrected chi connectivity index (χ1v) is 5.01. The van der Waals surface area contributed by atoms with Crippen LogP contribution in [0.1, 0.15) is 19.4 Å². The number of nitro groups is 1. The van der Waals surface area contributed by atoms with Gasteiger partial charge in [-0.15, -0.1) is 0 Å². The molecule has 1 rings (SSSR count). The molecule has 0 heterocycles. The van der Waals surface area contributed by atoms with Gasteiger partial charge < -0.3 is 10.4 Å². The van der Waals surface area contributed by atoms with Gasteiger partial charge in [-0.05, 0) is 38.9 Å². The smallest absolute Gasteiger partial charge is 0.310 e. The fraction of sp³-hybridized carbons (Fsp3) is 0.455. The fourth-order valence-electron chi connectivity index (χ4n) is 1.42. The predicted octanol–water partition coefficient (Wildman–Crippen LogP) is 1.84. The number of nitrogens with zero attached hydrogens (tertiary/aromatic N) is 1. The molecular weight excluding hydrogens is 208 g/mol. The summed E-state index contributed by atoms with van der Waals surface area (Å²) in [6, 6.07) is 4.47. The van der Waals surface area contributed by atoms with E-state index >= 15 is 0 Å². The van der Waals surface area contributed by atoms with Crippen LogP contribution in [0.25, 0.3) is 0 Å². The highest BCUT2D eigenvalue weighted by Crippen LogP contribution is 2.27. The van der Waals surface area contributed by atoms with Crippen molar-refractivity contribution in [2.45, 2.75) is 25.8 Å². The minimum absolute atomic E-state index is 0.134. The highest BCUT2D eigenvalue weighted by atomic mass is 16.6. The second-order valence-corrected chi connectivity index (χ2v) is 4.39. The van der Waals surface area contributed by atoms with E-state index in [1.54, 1.807) is 6.07 Å². The van der Waals surface area contributed by atoms with E-state index < -0.39 is 4.92 Å². The van der Waals surface area contributed by atoms with Crippen molar-refractivity contribution in [3.63, 3.8) is 0 Å². The Labute approximate surface area is 94.3 Å². The fourth-order valence-corrected chi connectivity index (χ4v) is 1.42. The van der Waals surface area contributed by atoms with Gasteiger partial charge in [0.05, 0.1) is 4.92 Å². The van der Waals surface area contributed by atoms with Crippen LogP contribution in [-0.2, 0) is 6.42 Å². The van der Waals surface area contributed by atoms with Crippen LogP contribution in [0.3, 0.4) is 0 Å². The maximum absolute atomic E-state index is 10.6. The summed E-state index contributed by atoms with van der Waals surface area (Å²) in [7, 11) is 1.84. The van der Waals surface area contributed by atoms with Gasteiger partial charge in [-0.3, -0.25) is 10.1 Å². The van der Waals surface area contributed by atoms with E-state index in [0.717, 1.165) is 5.56 Å². The van der Waals surface area contributed by atoms with Crippen molar-refractivity contribution >= 4 is 5.69 Å². The number of benzene rings is 1. The Balaban J connectivity index is 3.00. The van der Waals surface area contributed by atoms with Crippen molar-refractivity contribution in [3.8, 4) is 5.75 Å². The first-order chi connectivity index (χ1) is 7.35. The predicted molar refractivity (Wildman–Crippen MR) is 61.6 cm³/mol. The molecule has 0 saturated carbocycles. The summed E-state index contributed by atoms with van der Waals surface area (Å²) < 4.78 is 0. The van der Waals surface area contributed by atoms with Gasteiger partial charge in [-0.2, -0.15) is 0 Å². The molecule has 0 atom stereocenters. The van der Waals surface area contributed by atoms with Crippen molar-refractivity contribution in [3.05, 3.63) is 33.9 Å². The molecule has 0 aromatic heterocycles. The number of rotatable bonds is 4. The topological polar surface area (TPSA) is 75.4 Å². The lowest BCUT2D eigenvalue weighted by Gasteiger charge is -2.23. The van der Waals surface area contributed by atoms with E-state index in [9.17, 15) is 15.2 Å². The van der Waals surface area contributed by atoms with Gasteiger partial charge in [0, 0.05) is 11.6 Å². The molecule has 1 aromatic rings. The van der Waals surface area contributed by atoms with Crippen LogP contribution in [0.2, 0.25) is 0 Å². The third kappa shape index (κ3) is 2.93. The number of hydrogen-bond acceptors (Lipinski definition) is 4. The van der Waals surface area contributed by atoms with Gasteiger partial charge in [0.2, 0.25) is 0 Å². The third-order valence-corrected chi connectivity index (χ3v) is 2.56. The zero-order valence-corrected chi connectivity index (χ0v) is 9.65. The molecule has 0 aliphatic rings. The van der Waals surface area contributed by atoms with Gasteiger partial charge in [0.25, 0.3) is 0 Å². The number of likely N-dealkylation sites (N-methyl/N-ethyl adjacent to an activating group) is 1. The maximum Gasteiger partial charge on any atom is 0.310 e. The van der Waals surface area contributed by atoms with Crippen LogP contribution in [0.5, 0.6) is 5.75 Å². The number of nitrogens with one attached hydrogen (secondary N) is 1. The molecule has 0 amide bonds. The molecule has 5 nitrogen and oxygen atoms in total. The van der Waals surface area contributed by atoms with Crippen LogP contribution in [0, 0.1) is 10.1 Å². The zero-order valence-electron chi connectivity index (χ0n) is 9.65. The average Bonchev–Trinajstić information content (AvgIpc) is 2.20. The van der Waals surface area contributed by atoms with Crippen molar-refractivity contribution in [1.29, 1.82) is 0 Å². The number of nitro benzene ring substituents is 1. The SMILES string of the molecule is CNC(C)(C)Cc1ccc(O)c([N+](=O)[O-])c1. The number of phenolic OH excluding ortho intramolecular Hbond substituents is 1. The standard InChI is InChI=1S/C11H16N2O3/c1-11(2,12-3)7-8-4-5-10(14)9(6-8)13(15)16/h4-6,12,14H,7H2,1-3H3. The Morgan fingerprint density at radius 1 is 1.50 bits per heavy atom. The summed E-state index contributed by atoms with van der Waals surface area (Å²) in [5.41, 5.74) is 0.443. The monoisotopic (exact) mass is 224 g/mol. The third-order valence-electron chi connectivity index (χ3n) is 2.56. The lowest BCUT2D eigenvalue weighted by molar-refractivity contribution is -0.385. The summed E-state index contributed by atoms with van der Waals surface area (Å²) in [5, 5.41) is 23.1. The highest BCUT2D eigenvalue weighted by Gasteiger charge is 2.19. The van der Waals surface area contributed by atoms with Gasteiger partial charge >= 0.3 is 5.69 Å². The van der Waals surface area contributed by atoms with E-state index in [4.69, 9.17) is 0 Å². The van der Waals surface area contributed by atoms with Crippen LogP contribution in [0.4, 0.5) is 5.69 Å². The normalized spacial score (nSPS) is 11.4. The Bertz CT molecular complexity index is 402. The second kappa shape index (κ2) is 4.49. The molecule has 88 valence electrons. The number of hydrogen-bond donors (Lipinski definition) is 2. The van der Waals surface area contributed by atoms with E-state index in [1.165, 1.54) is 12.1 Å². The molecule has 0 saturated heterocycles. The van der Waals surface area contributed by atoms with Crippen LogP contribution in [0.15, 0.2) is 18.2 Å². The lowest BCUT2D eigenvalue weighted by atomic mass is 9.95. The largest absolute Gasteiger partial charge is 0.502 e. The Morgan fingerprint density at radius 2 is 2.12 bits per heavy atom. The van der Waals surface area contributed by atoms with E-state index in [1.807, 2.05) is 20.9 Å².